The molecule has 0 aliphatic carbocycles. The van der Waals surface area contributed by atoms with E-state index in [9.17, 15) is 0 Å². The smallest absolute Gasteiger partial charge is 0.0639 e. The summed E-state index contributed by atoms with van der Waals surface area (Å²) in [4.78, 5) is 0. The molecule has 0 aliphatic heterocycles. The van der Waals surface area contributed by atoms with Crippen molar-refractivity contribution in [3.8, 4) is 0 Å². The SMILES string of the molecule is Cc1cccc(NCCOCCCC(C)C)c1. The molecule has 0 fully saturated rings. The zero-order chi connectivity index (χ0) is 12.5. The summed E-state index contributed by atoms with van der Waals surface area (Å²) in [6.45, 7) is 9.15. The number of hydrogen-bond acceptors (Lipinski definition) is 2. The van der Waals surface area contributed by atoms with Crippen LogP contribution in [0.4, 0.5) is 5.69 Å². The summed E-state index contributed by atoms with van der Waals surface area (Å²) in [5.41, 5.74) is 2.46. The van der Waals surface area contributed by atoms with Crippen LogP contribution >= 0.6 is 0 Å². The highest BCUT2D eigenvalue weighted by Gasteiger charge is 1.95. The lowest BCUT2D eigenvalue weighted by atomic mass is 10.1. The molecule has 0 amide bonds. The fraction of sp³-hybridized carbons (Fsp3) is 0.600. The lowest BCUT2D eigenvalue weighted by Crippen LogP contribution is -2.10. The largest absolute Gasteiger partial charge is 0.383 e. The molecule has 2 nitrogen and oxygen atoms in total. The molecular formula is C15H25NO. The van der Waals surface area contributed by atoms with Gasteiger partial charge >= 0.3 is 0 Å². The lowest BCUT2D eigenvalue weighted by Gasteiger charge is -2.08. The molecule has 1 rings (SSSR count). The maximum atomic E-state index is 5.57. The highest BCUT2D eigenvalue weighted by atomic mass is 16.5. The monoisotopic (exact) mass is 235 g/mol. The quantitative estimate of drug-likeness (QED) is 0.691. The zero-order valence-electron chi connectivity index (χ0n) is 11.3. The molecule has 0 unspecified atom stereocenters. The Labute approximate surface area is 105 Å². The Bertz CT molecular complexity index is 310. The lowest BCUT2D eigenvalue weighted by molar-refractivity contribution is 0.137. The van der Waals surface area contributed by atoms with Gasteiger partial charge in [-0.1, -0.05) is 26.0 Å². The van der Waals surface area contributed by atoms with Gasteiger partial charge in [-0.05, 0) is 43.4 Å². The van der Waals surface area contributed by atoms with E-state index in [-0.39, 0.29) is 0 Å². The molecular weight excluding hydrogens is 210 g/mol. The molecule has 0 aliphatic rings. The summed E-state index contributed by atoms with van der Waals surface area (Å²) < 4.78 is 5.57. The molecule has 0 bridgehead atoms. The van der Waals surface area contributed by atoms with Crippen LogP contribution in [0.15, 0.2) is 24.3 Å². The van der Waals surface area contributed by atoms with Gasteiger partial charge in [-0.25, -0.2) is 0 Å². The first-order valence-electron chi connectivity index (χ1n) is 6.57. The summed E-state index contributed by atoms with van der Waals surface area (Å²) in [5, 5.41) is 3.36. The van der Waals surface area contributed by atoms with E-state index in [0.717, 1.165) is 25.7 Å². The fourth-order valence-electron chi connectivity index (χ4n) is 1.72. The third kappa shape index (κ3) is 7.01. The minimum Gasteiger partial charge on any atom is -0.383 e. The van der Waals surface area contributed by atoms with E-state index < -0.39 is 0 Å². The summed E-state index contributed by atoms with van der Waals surface area (Å²) in [6.07, 6.45) is 2.42. The number of aryl methyl sites for hydroxylation is 1. The van der Waals surface area contributed by atoms with Crippen molar-refractivity contribution in [3.63, 3.8) is 0 Å². The minimum absolute atomic E-state index is 0.781. The first kappa shape index (κ1) is 14.0. The molecule has 1 aromatic carbocycles. The van der Waals surface area contributed by atoms with E-state index in [1.807, 2.05) is 0 Å². The summed E-state index contributed by atoms with van der Waals surface area (Å²) in [6, 6.07) is 8.42. The third-order valence-electron chi connectivity index (χ3n) is 2.66. The highest BCUT2D eigenvalue weighted by Crippen LogP contribution is 2.08. The standard InChI is InChI=1S/C15H25NO/c1-13(2)6-5-10-17-11-9-16-15-8-4-7-14(3)12-15/h4,7-8,12-13,16H,5-6,9-11H2,1-3H3. The predicted molar refractivity (Wildman–Crippen MR) is 74.6 cm³/mol. The summed E-state index contributed by atoms with van der Waals surface area (Å²) in [5.74, 6) is 0.781. The van der Waals surface area contributed by atoms with Crippen LogP contribution in [0.3, 0.4) is 0 Å². The van der Waals surface area contributed by atoms with Crippen molar-refractivity contribution in [2.45, 2.75) is 33.6 Å². The van der Waals surface area contributed by atoms with Crippen LogP contribution in [-0.2, 0) is 4.74 Å². The van der Waals surface area contributed by atoms with Gasteiger partial charge in [0.2, 0.25) is 0 Å². The van der Waals surface area contributed by atoms with E-state index >= 15 is 0 Å². The van der Waals surface area contributed by atoms with Crippen molar-refractivity contribution in [3.05, 3.63) is 29.8 Å². The second-order valence-corrected chi connectivity index (χ2v) is 4.94. The first-order chi connectivity index (χ1) is 8.18. The molecule has 0 heterocycles. The molecule has 0 radical (unpaired) electrons. The number of hydrogen-bond donors (Lipinski definition) is 1. The Kier molecular flexibility index (Phi) is 6.71. The van der Waals surface area contributed by atoms with Gasteiger partial charge in [0, 0.05) is 18.8 Å². The van der Waals surface area contributed by atoms with Gasteiger partial charge in [-0.15, -0.1) is 0 Å². The number of rotatable bonds is 8. The van der Waals surface area contributed by atoms with Crippen LogP contribution < -0.4 is 5.32 Å². The van der Waals surface area contributed by atoms with Crippen molar-refractivity contribution in [1.29, 1.82) is 0 Å². The molecule has 96 valence electrons. The number of ether oxygens (including phenoxy) is 1. The molecule has 0 aromatic heterocycles. The summed E-state index contributed by atoms with van der Waals surface area (Å²) in [7, 11) is 0. The van der Waals surface area contributed by atoms with Gasteiger partial charge in [-0.3, -0.25) is 0 Å². The summed E-state index contributed by atoms with van der Waals surface area (Å²) >= 11 is 0. The van der Waals surface area contributed by atoms with Crippen LogP contribution in [0.2, 0.25) is 0 Å². The van der Waals surface area contributed by atoms with Crippen LogP contribution in [0, 0.1) is 12.8 Å². The fourth-order valence-corrected chi connectivity index (χ4v) is 1.72. The topological polar surface area (TPSA) is 21.3 Å². The van der Waals surface area contributed by atoms with E-state index in [2.05, 4.69) is 50.4 Å². The molecule has 0 saturated carbocycles. The molecule has 0 atom stereocenters. The van der Waals surface area contributed by atoms with Gasteiger partial charge in [0.05, 0.1) is 6.61 Å². The van der Waals surface area contributed by atoms with Crippen molar-refractivity contribution in [2.75, 3.05) is 25.1 Å². The molecule has 0 saturated heterocycles. The Morgan fingerprint density at radius 3 is 2.76 bits per heavy atom. The Morgan fingerprint density at radius 1 is 1.24 bits per heavy atom. The molecule has 1 aromatic rings. The molecule has 1 N–H and O–H groups in total. The van der Waals surface area contributed by atoms with E-state index in [4.69, 9.17) is 4.74 Å². The van der Waals surface area contributed by atoms with Crippen LogP contribution in [0.25, 0.3) is 0 Å². The van der Waals surface area contributed by atoms with Crippen LogP contribution in [-0.4, -0.2) is 19.8 Å². The third-order valence-corrected chi connectivity index (χ3v) is 2.66. The van der Waals surface area contributed by atoms with Crippen molar-refractivity contribution in [2.24, 2.45) is 5.92 Å². The highest BCUT2D eigenvalue weighted by molar-refractivity contribution is 5.45. The number of benzene rings is 1. The van der Waals surface area contributed by atoms with E-state index in [0.29, 0.717) is 0 Å². The maximum Gasteiger partial charge on any atom is 0.0639 e. The normalized spacial score (nSPS) is 10.8. The molecule has 17 heavy (non-hydrogen) atoms. The van der Waals surface area contributed by atoms with Crippen molar-refractivity contribution < 1.29 is 4.74 Å². The Balaban J connectivity index is 2.01. The van der Waals surface area contributed by atoms with Gasteiger partial charge < -0.3 is 10.1 Å². The van der Waals surface area contributed by atoms with Crippen molar-refractivity contribution in [1.82, 2.24) is 0 Å². The van der Waals surface area contributed by atoms with Gasteiger partial charge in [0.15, 0.2) is 0 Å². The first-order valence-corrected chi connectivity index (χ1v) is 6.57. The van der Waals surface area contributed by atoms with Crippen LogP contribution in [0.5, 0.6) is 0 Å². The zero-order valence-corrected chi connectivity index (χ0v) is 11.3. The Hall–Kier alpha value is -1.02. The minimum atomic E-state index is 0.781. The Morgan fingerprint density at radius 2 is 2.06 bits per heavy atom. The maximum absolute atomic E-state index is 5.57. The second-order valence-electron chi connectivity index (χ2n) is 4.94. The second kappa shape index (κ2) is 8.13. The molecule has 2 heteroatoms. The predicted octanol–water partition coefficient (Wildman–Crippen LogP) is 3.86. The average molecular weight is 235 g/mol. The van der Waals surface area contributed by atoms with Gasteiger partial charge in [-0.2, -0.15) is 0 Å². The van der Waals surface area contributed by atoms with E-state index in [1.165, 1.54) is 24.1 Å². The van der Waals surface area contributed by atoms with Gasteiger partial charge in [0.1, 0.15) is 0 Å². The molecule has 0 spiro atoms. The number of nitrogens with one attached hydrogen (secondary N) is 1. The van der Waals surface area contributed by atoms with Gasteiger partial charge in [0.25, 0.3) is 0 Å². The number of anilines is 1. The van der Waals surface area contributed by atoms with Crippen LogP contribution in [0.1, 0.15) is 32.3 Å². The average Bonchev–Trinajstić information content (AvgIpc) is 2.27. The van der Waals surface area contributed by atoms with E-state index in [1.54, 1.807) is 0 Å². The van der Waals surface area contributed by atoms with Crippen molar-refractivity contribution >= 4 is 5.69 Å².